The minimum Gasteiger partial charge on any atom is -0.349 e. The average molecular weight is 497 g/mol. The van der Waals surface area contributed by atoms with E-state index in [0.29, 0.717) is 25.9 Å². The van der Waals surface area contributed by atoms with Crippen LogP contribution in [0.5, 0.6) is 0 Å². The zero-order chi connectivity index (χ0) is 21.0. The van der Waals surface area contributed by atoms with E-state index in [1.165, 1.54) is 9.20 Å². The summed E-state index contributed by atoms with van der Waals surface area (Å²) < 4.78 is 27.9. The quantitative estimate of drug-likeness (QED) is 0.599. The second kappa shape index (κ2) is 9.64. The Hall–Kier alpha value is -1.35. The van der Waals surface area contributed by atoms with Crippen LogP contribution in [0.1, 0.15) is 31.4 Å². The summed E-state index contributed by atoms with van der Waals surface area (Å²) in [6.07, 6.45) is 3.09. The molecule has 156 valence electrons. The third-order valence-electron chi connectivity index (χ3n) is 5.25. The minimum absolute atomic E-state index is 0.00728. The molecule has 1 unspecified atom stereocenters. The molecule has 0 radical (unpaired) electrons. The van der Waals surface area contributed by atoms with Gasteiger partial charge in [0.15, 0.2) is 0 Å². The fourth-order valence-electron chi connectivity index (χ4n) is 3.42. The molecule has 2 aromatic rings. The molecular formula is C21H25BrN2O3S2. The summed E-state index contributed by atoms with van der Waals surface area (Å²) in [5.74, 6) is -0.175. The maximum absolute atomic E-state index is 12.8. The van der Waals surface area contributed by atoms with E-state index in [4.69, 9.17) is 0 Å². The third kappa shape index (κ3) is 5.42. The third-order valence-corrected chi connectivity index (χ3v) is 8.44. The Morgan fingerprint density at radius 3 is 2.24 bits per heavy atom. The number of rotatable bonds is 6. The number of thioether (sulfide) groups is 1. The molecule has 2 aromatic carbocycles. The molecular weight excluding hydrogens is 472 g/mol. The predicted molar refractivity (Wildman–Crippen MR) is 120 cm³/mol. The Labute approximate surface area is 185 Å². The number of benzene rings is 2. The molecule has 1 saturated heterocycles. The highest BCUT2D eigenvalue weighted by molar-refractivity contribution is 9.10. The van der Waals surface area contributed by atoms with Gasteiger partial charge in [-0.25, -0.2) is 8.42 Å². The fraction of sp³-hybridized carbons (Fsp3) is 0.381. The van der Waals surface area contributed by atoms with Crippen molar-refractivity contribution in [2.45, 2.75) is 35.6 Å². The van der Waals surface area contributed by atoms with Gasteiger partial charge >= 0.3 is 0 Å². The number of nitrogens with zero attached hydrogens (tertiary/aromatic N) is 1. The number of halogens is 1. The van der Waals surface area contributed by atoms with Crippen LogP contribution in [0.2, 0.25) is 0 Å². The summed E-state index contributed by atoms with van der Waals surface area (Å²) >= 11 is 5.01. The zero-order valence-electron chi connectivity index (χ0n) is 16.5. The second-order valence-electron chi connectivity index (χ2n) is 7.14. The molecule has 1 atom stereocenters. The number of nitrogens with one attached hydrogen (secondary N) is 1. The van der Waals surface area contributed by atoms with Crippen LogP contribution < -0.4 is 5.32 Å². The molecule has 29 heavy (non-hydrogen) atoms. The van der Waals surface area contributed by atoms with Gasteiger partial charge in [0.05, 0.1) is 10.9 Å². The number of carbonyl (C=O) groups excluding carboxylic acids is 1. The van der Waals surface area contributed by atoms with Gasteiger partial charge in [-0.2, -0.15) is 4.31 Å². The molecule has 0 saturated carbocycles. The Kier molecular flexibility index (Phi) is 7.42. The van der Waals surface area contributed by atoms with E-state index in [-0.39, 0.29) is 22.8 Å². The van der Waals surface area contributed by atoms with Crippen molar-refractivity contribution in [1.29, 1.82) is 0 Å². The molecule has 1 heterocycles. The lowest BCUT2D eigenvalue weighted by Crippen LogP contribution is -2.43. The lowest BCUT2D eigenvalue weighted by Gasteiger charge is -2.31. The molecule has 5 nitrogen and oxygen atoms in total. The first-order valence-electron chi connectivity index (χ1n) is 9.51. The van der Waals surface area contributed by atoms with Gasteiger partial charge < -0.3 is 5.32 Å². The summed E-state index contributed by atoms with van der Waals surface area (Å²) in [5, 5.41) is 3.08. The number of carbonyl (C=O) groups is 1. The highest BCUT2D eigenvalue weighted by Gasteiger charge is 2.32. The standard InChI is InChI=1S/C21H25BrN2O3S2/c1-15(16-3-7-19(28-2)8-4-16)23-21(25)17-11-13-24(14-12-17)29(26,27)20-9-5-18(22)6-10-20/h3-10,15,17H,11-14H2,1-2H3,(H,23,25). The van der Waals surface area contributed by atoms with Crippen molar-refractivity contribution in [3.8, 4) is 0 Å². The maximum atomic E-state index is 12.8. The van der Waals surface area contributed by atoms with Gasteiger partial charge in [0.25, 0.3) is 0 Å². The maximum Gasteiger partial charge on any atom is 0.243 e. The SMILES string of the molecule is CSc1ccc(C(C)NC(=O)C2CCN(S(=O)(=O)c3ccc(Br)cc3)CC2)cc1. The normalized spacial score (nSPS) is 17.1. The van der Waals surface area contributed by atoms with Crippen LogP contribution in [0.4, 0.5) is 0 Å². The van der Waals surface area contributed by atoms with Crippen molar-refractivity contribution in [1.82, 2.24) is 9.62 Å². The van der Waals surface area contributed by atoms with Crippen LogP contribution in [0.3, 0.4) is 0 Å². The van der Waals surface area contributed by atoms with Gasteiger partial charge in [-0.3, -0.25) is 4.79 Å². The highest BCUT2D eigenvalue weighted by atomic mass is 79.9. The number of amides is 1. The van der Waals surface area contributed by atoms with Gasteiger partial charge in [-0.15, -0.1) is 11.8 Å². The number of piperidine rings is 1. The van der Waals surface area contributed by atoms with Gasteiger partial charge in [0.1, 0.15) is 0 Å². The molecule has 1 aliphatic heterocycles. The van der Waals surface area contributed by atoms with Gasteiger partial charge in [0, 0.05) is 28.4 Å². The first kappa shape index (κ1) is 22.3. The number of hydrogen-bond donors (Lipinski definition) is 1. The van der Waals surface area contributed by atoms with Crippen molar-refractivity contribution < 1.29 is 13.2 Å². The topological polar surface area (TPSA) is 66.5 Å². The first-order valence-corrected chi connectivity index (χ1v) is 13.0. The van der Waals surface area contributed by atoms with Crippen LogP contribution in [0.25, 0.3) is 0 Å². The van der Waals surface area contributed by atoms with E-state index in [2.05, 4.69) is 21.2 Å². The summed E-state index contributed by atoms with van der Waals surface area (Å²) in [4.78, 5) is 14.2. The van der Waals surface area contributed by atoms with Crippen LogP contribution in [0, 0.1) is 5.92 Å². The Balaban J connectivity index is 1.56. The van der Waals surface area contributed by atoms with Crippen LogP contribution in [0.15, 0.2) is 62.8 Å². The molecule has 1 N–H and O–H groups in total. The lowest BCUT2D eigenvalue weighted by molar-refractivity contribution is -0.126. The molecule has 1 aliphatic rings. The first-order chi connectivity index (χ1) is 13.8. The van der Waals surface area contributed by atoms with Crippen molar-refractivity contribution in [2.75, 3.05) is 19.3 Å². The van der Waals surface area contributed by atoms with Crippen molar-refractivity contribution in [3.05, 3.63) is 58.6 Å². The van der Waals surface area contributed by atoms with E-state index in [9.17, 15) is 13.2 Å². The molecule has 1 amide bonds. The smallest absolute Gasteiger partial charge is 0.243 e. The number of hydrogen-bond acceptors (Lipinski definition) is 4. The molecule has 0 bridgehead atoms. The van der Waals surface area contributed by atoms with Crippen molar-refractivity contribution >= 4 is 43.6 Å². The molecule has 0 spiro atoms. The highest BCUT2D eigenvalue weighted by Crippen LogP contribution is 2.26. The number of sulfonamides is 1. The Morgan fingerprint density at radius 2 is 1.69 bits per heavy atom. The van der Waals surface area contributed by atoms with Gasteiger partial charge in [0.2, 0.25) is 15.9 Å². The summed E-state index contributed by atoms with van der Waals surface area (Å²) in [6, 6.07) is 14.7. The Bertz CT molecular complexity index is 939. The fourth-order valence-corrected chi connectivity index (χ4v) is 5.56. The van der Waals surface area contributed by atoms with E-state index in [0.717, 1.165) is 10.0 Å². The van der Waals surface area contributed by atoms with Gasteiger partial charge in [-0.1, -0.05) is 28.1 Å². The summed E-state index contributed by atoms with van der Waals surface area (Å²) in [7, 11) is -3.52. The second-order valence-corrected chi connectivity index (χ2v) is 10.9. The average Bonchev–Trinajstić information content (AvgIpc) is 2.74. The monoisotopic (exact) mass is 496 g/mol. The van der Waals surface area contributed by atoms with Crippen LogP contribution >= 0.6 is 27.7 Å². The predicted octanol–water partition coefficient (Wildman–Crippen LogP) is 4.45. The molecule has 0 aliphatic carbocycles. The largest absolute Gasteiger partial charge is 0.349 e. The molecule has 8 heteroatoms. The molecule has 0 aromatic heterocycles. The summed E-state index contributed by atoms with van der Waals surface area (Å²) in [5.41, 5.74) is 1.06. The van der Waals surface area contributed by atoms with E-state index < -0.39 is 10.0 Å². The minimum atomic E-state index is -3.52. The van der Waals surface area contributed by atoms with Crippen LogP contribution in [-0.4, -0.2) is 38.0 Å². The van der Waals surface area contributed by atoms with Crippen LogP contribution in [-0.2, 0) is 14.8 Å². The van der Waals surface area contributed by atoms with E-state index >= 15 is 0 Å². The summed E-state index contributed by atoms with van der Waals surface area (Å²) in [6.45, 7) is 2.68. The lowest BCUT2D eigenvalue weighted by atomic mass is 9.96. The zero-order valence-corrected chi connectivity index (χ0v) is 19.7. The molecule has 1 fully saturated rings. The van der Waals surface area contributed by atoms with E-state index in [1.54, 1.807) is 36.0 Å². The van der Waals surface area contributed by atoms with E-state index in [1.807, 2.05) is 37.4 Å². The van der Waals surface area contributed by atoms with Gasteiger partial charge in [-0.05, 0) is 68.0 Å². The Morgan fingerprint density at radius 1 is 1.10 bits per heavy atom. The van der Waals surface area contributed by atoms with Crippen molar-refractivity contribution in [2.24, 2.45) is 5.92 Å². The molecule has 3 rings (SSSR count). The van der Waals surface area contributed by atoms with Crippen molar-refractivity contribution in [3.63, 3.8) is 0 Å².